The zero-order valence-electron chi connectivity index (χ0n) is 10.9. The third kappa shape index (κ3) is 4.89. The van der Waals surface area contributed by atoms with Gasteiger partial charge in [0.25, 0.3) is 5.91 Å². The highest BCUT2D eigenvalue weighted by Gasteiger charge is 2.21. The molecule has 1 unspecified atom stereocenters. The predicted octanol–water partition coefficient (Wildman–Crippen LogP) is 1.10. The molecule has 4 N–H and O–H groups in total. The number of hydrogen-bond donors (Lipinski definition) is 3. The van der Waals surface area contributed by atoms with Crippen molar-refractivity contribution >= 4 is 29.4 Å². The van der Waals surface area contributed by atoms with Gasteiger partial charge in [-0.1, -0.05) is 11.6 Å². The number of amides is 2. The van der Waals surface area contributed by atoms with Crippen LogP contribution < -0.4 is 11.1 Å². The first-order valence-electron chi connectivity index (χ1n) is 5.88. The maximum atomic E-state index is 12.0. The van der Waals surface area contributed by atoms with Gasteiger partial charge in [-0.05, 0) is 37.1 Å². The standard InChI is InChI=1S/C13H15ClN2O4/c1-7-4-8(6-9(14)5-7)12(18)16-10(13(19)20)2-3-11(15)17/h4-6,10H,2-3H2,1H3,(H2,15,17)(H,16,18)(H,19,20). The van der Waals surface area contributed by atoms with Gasteiger partial charge in [-0.3, -0.25) is 9.59 Å². The lowest BCUT2D eigenvalue weighted by Gasteiger charge is -2.14. The third-order valence-electron chi connectivity index (χ3n) is 2.59. The van der Waals surface area contributed by atoms with Crippen LogP contribution in [0, 0.1) is 6.92 Å². The first kappa shape index (κ1) is 16.0. The number of carbonyl (C=O) groups is 3. The molecule has 7 heteroatoms. The molecule has 0 bridgehead atoms. The molecule has 1 aromatic rings. The molecule has 2 amide bonds. The molecule has 0 saturated carbocycles. The molecule has 1 aromatic carbocycles. The van der Waals surface area contributed by atoms with E-state index < -0.39 is 23.8 Å². The second-order valence-electron chi connectivity index (χ2n) is 4.39. The van der Waals surface area contributed by atoms with Crippen LogP contribution in [0.2, 0.25) is 5.02 Å². The van der Waals surface area contributed by atoms with E-state index in [0.717, 1.165) is 5.56 Å². The number of primary amides is 1. The van der Waals surface area contributed by atoms with Crippen molar-refractivity contribution in [2.24, 2.45) is 5.73 Å². The van der Waals surface area contributed by atoms with Crippen LogP contribution in [0.5, 0.6) is 0 Å². The normalized spacial score (nSPS) is 11.7. The van der Waals surface area contributed by atoms with Crippen LogP contribution in [0.1, 0.15) is 28.8 Å². The van der Waals surface area contributed by atoms with Gasteiger partial charge >= 0.3 is 5.97 Å². The van der Waals surface area contributed by atoms with Crippen LogP contribution in [-0.2, 0) is 9.59 Å². The van der Waals surface area contributed by atoms with E-state index in [4.69, 9.17) is 22.4 Å². The Balaban J connectivity index is 2.79. The fourth-order valence-electron chi connectivity index (χ4n) is 1.65. The molecule has 0 aliphatic carbocycles. The van der Waals surface area contributed by atoms with Crippen molar-refractivity contribution in [3.8, 4) is 0 Å². The van der Waals surface area contributed by atoms with Crippen LogP contribution >= 0.6 is 11.6 Å². The van der Waals surface area contributed by atoms with E-state index in [1.54, 1.807) is 19.1 Å². The van der Waals surface area contributed by atoms with Gasteiger partial charge in [0, 0.05) is 17.0 Å². The molecule has 108 valence electrons. The monoisotopic (exact) mass is 298 g/mol. The van der Waals surface area contributed by atoms with Crippen LogP contribution in [-0.4, -0.2) is 28.9 Å². The van der Waals surface area contributed by atoms with E-state index in [1.807, 2.05) is 0 Å². The number of aliphatic carboxylic acids is 1. The SMILES string of the molecule is Cc1cc(Cl)cc(C(=O)NC(CCC(N)=O)C(=O)O)c1. The highest BCUT2D eigenvalue weighted by atomic mass is 35.5. The molecule has 0 saturated heterocycles. The Hall–Kier alpha value is -2.08. The summed E-state index contributed by atoms with van der Waals surface area (Å²) in [7, 11) is 0. The van der Waals surface area contributed by atoms with Gasteiger partial charge < -0.3 is 16.2 Å². The molecule has 20 heavy (non-hydrogen) atoms. The van der Waals surface area contributed by atoms with E-state index >= 15 is 0 Å². The molecule has 1 rings (SSSR count). The summed E-state index contributed by atoms with van der Waals surface area (Å²) in [5, 5.41) is 11.7. The summed E-state index contributed by atoms with van der Waals surface area (Å²) >= 11 is 5.84. The molecule has 0 radical (unpaired) electrons. The van der Waals surface area contributed by atoms with Crippen molar-refractivity contribution in [2.45, 2.75) is 25.8 Å². The van der Waals surface area contributed by atoms with Gasteiger partial charge in [0.05, 0.1) is 0 Å². The minimum absolute atomic E-state index is 0.0596. The molecular formula is C13H15ClN2O4. The molecule has 0 aliphatic heterocycles. The Labute approximate surface area is 120 Å². The largest absolute Gasteiger partial charge is 0.480 e. The number of carboxylic acids is 1. The fraction of sp³-hybridized carbons (Fsp3) is 0.308. The van der Waals surface area contributed by atoms with Crippen molar-refractivity contribution in [1.29, 1.82) is 0 Å². The lowest BCUT2D eigenvalue weighted by atomic mass is 10.1. The van der Waals surface area contributed by atoms with E-state index in [0.29, 0.717) is 5.02 Å². The summed E-state index contributed by atoms with van der Waals surface area (Å²) in [6, 6.07) is 3.54. The zero-order valence-corrected chi connectivity index (χ0v) is 11.6. The summed E-state index contributed by atoms with van der Waals surface area (Å²) in [5.74, 6) is -2.41. The molecule has 0 spiro atoms. The highest BCUT2D eigenvalue weighted by molar-refractivity contribution is 6.31. The quantitative estimate of drug-likeness (QED) is 0.730. The first-order chi connectivity index (χ1) is 9.29. The Bertz CT molecular complexity index is 525. The molecule has 0 aromatic heterocycles. The topological polar surface area (TPSA) is 109 Å². The summed E-state index contributed by atoms with van der Waals surface area (Å²) in [6.07, 6.45) is -0.179. The molecule has 6 nitrogen and oxygen atoms in total. The van der Waals surface area contributed by atoms with E-state index in [9.17, 15) is 14.4 Å². The van der Waals surface area contributed by atoms with Crippen molar-refractivity contribution < 1.29 is 19.5 Å². The van der Waals surface area contributed by atoms with Gasteiger partial charge in [0.1, 0.15) is 6.04 Å². The molecule has 0 aliphatic rings. The Kier molecular flexibility index (Phi) is 5.52. The van der Waals surface area contributed by atoms with Crippen LogP contribution in [0.15, 0.2) is 18.2 Å². The summed E-state index contributed by atoms with van der Waals surface area (Å²) in [4.78, 5) is 33.6. The average Bonchev–Trinajstić information content (AvgIpc) is 2.32. The Morgan fingerprint density at radius 3 is 2.50 bits per heavy atom. The lowest BCUT2D eigenvalue weighted by Crippen LogP contribution is -2.41. The van der Waals surface area contributed by atoms with Crippen LogP contribution in [0.3, 0.4) is 0 Å². The Morgan fingerprint density at radius 1 is 1.35 bits per heavy atom. The second-order valence-corrected chi connectivity index (χ2v) is 4.82. The molecular weight excluding hydrogens is 284 g/mol. The summed E-state index contributed by atoms with van der Waals surface area (Å²) < 4.78 is 0. The smallest absolute Gasteiger partial charge is 0.326 e. The minimum atomic E-state index is -1.22. The van der Waals surface area contributed by atoms with Gasteiger partial charge in [-0.2, -0.15) is 0 Å². The first-order valence-corrected chi connectivity index (χ1v) is 6.26. The number of nitrogens with one attached hydrogen (secondary N) is 1. The summed E-state index contributed by atoms with van der Waals surface area (Å²) in [5.41, 5.74) is 6.01. The van der Waals surface area contributed by atoms with E-state index in [-0.39, 0.29) is 18.4 Å². The number of aryl methyl sites for hydroxylation is 1. The summed E-state index contributed by atoms with van der Waals surface area (Å²) in [6.45, 7) is 1.77. The fourth-order valence-corrected chi connectivity index (χ4v) is 1.94. The number of benzene rings is 1. The highest BCUT2D eigenvalue weighted by Crippen LogP contribution is 2.14. The number of carbonyl (C=O) groups excluding carboxylic acids is 2. The zero-order chi connectivity index (χ0) is 15.3. The van der Waals surface area contributed by atoms with E-state index in [1.165, 1.54) is 6.07 Å². The maximum Gasteiger partial charge on any atom is 0.326 e. The van der Waals surface area contributed by atoms with Crippen molar-refractivity contribution in [3.05, 3.63) is 34.3 Å². The number of halogens is 1. The molecule has 0 heterocycles. The average molecular weight is 299 g/mol. The number of rotatable bonds is 6. The number of carboxylic acid groups (broad SMARTS) is 1. The van der Waals surface area contributed by atoms with Crippen molar-refractivity contribution in [1.82, 2.24) is 5.32 Å². The van der Waals surface area contributed by atoms with Gasteiger partial charge in [0.2, 0.25) is 5.91 Å². The van der Waals surface area contributed by atoms with Gasteiger partial charge in [0.15, 0.2) is 0 Å². The van der Waals surface area contributed by atoms with Crippen molar-refractivity contribution in [3.63, 3.8) is 0 Å². The maximum absolute atomic E-state index is 12.0. The molecule has 0 fully saturated rings. The van der Waals surface area contributed by atoms with Crippen LogP contribution in [0.25, 0.3) is 0 Å². The minimum Gasteiger partial charge on any atom is -0.480 e. The van der Waals surface area contributed by atoms with Crippen molar-refractivity contribution in [2.75, 3.05) is 0 Å². The Morgan fingerprint density at radius 2 is 2.00 bits per heavy atom. The molecule has 1 atom stereocenters. The van der Waals surface area contributed by atoms with Gasteiger partial charge in [-0.15, -0.1) is 0 Å². The number of hydrogen-bond acceptors (Lipinski definition) is 3. The van der Waals surface area contributed by atoms with Gasteiger partial charge in [-0.25, -0.2) is 4.79 Å². The predicted molar refractivity (Wildman–Crippen MR) is 73.5 cm³/mol. The second kappa shape index (κ2) is 6.91. The van der Waals surface area contributed by atoms with E-state index in [2.05, 4.69) is 5.32 Å². The number of nitrogens with two attached hydrogens (primary N) is 1. The third-order valence-corrected chi connectivity index (χ3v) is 2.81. The van der Waals surface area contributed by atoms with Crippen LogP contribution in [0.4, 0.5) is 0 Å². The lowest BCUT2D eigenvalue weighted by molar-refractivity contribution is -0.139.